The molecule has 0 radical (unpaired) electrons. The Bertz CT molecular complexity index is 626. The van der Waals surface area contributed by atoms with Crippen LogP contribution in [0.15, 0.2) is 0 Å². The van der Waals surface area contributed by atoms with E-state index in [2.05, 4.69) is 19.2 Å². The van der Waals surface area contributed by atoms with Gasteiger partial charge >= 0.3 is 6.03 Å². The summed E-state index contributed by atoms with van der Waals surface area (Å²) in [5, 5.41) is 12.2. The third kappa shape index (κ3) is 3.44. The Morgan fingerprint density at radius 1 is 1.26 bits per heavy atom. The van der Waals surface area contributed by atoms with E-state index in [1.165, 1.54) is 23.3 Å². The van der Waals surface area contributed by atoms with E-state index < -0.39 is 0 Å². The van der Waals surface area contributed by atoms with Gasteiger partial charge in [-0.1, -0.05) is 13.8 Å². The summed E-state index contributed by atoms with van der Waals surface area (Å²) >= 11 is 1.68. The molecule has 1 saturated heterocycles. The Balaban J connectivity index is 1.86. The van der Waals surface area contributed by atoms with E-state index in [0.717, 1.165) is 49.3 Å². The fourth-order valence-corrected chi connectivity index (χ4v) is 4.94. The summed E-state index contributed by atoms with van der Waals surface area (Å²) in [4.78, 5) is 15.8. The highest BCUT2D eigenvalue weighted by Crippen LogP contribution is 2.44. The number of nitrogens with zero attached hydrogens (tertiary/aromatic N) is 1. The van der Waals surface area contributed by atoms with Gasteiger partial charge in [0.2, 0.25) is 0 Å². The topological polar surface area (TPSA) is 56.2 Å². The van der Waals surface area contributed by atoms with Gasteiger partial charge in [-0.05, 0) is 56.4 Å². The number of urea groups is 1. The molecule has 1 aromatic heterocycles. The number of thiophene rings is 1. The molecule has 2 aliphatic rings. The molecular weight excluding hydrogens is 306 g/mol. The van der Waals surface area contributed by atoms with Crippen molar-refractivity contribution in [1.29, 1.82) is 5.41 Å². The first-order chi connectivity index (χ1) is 10.9. The second-order valence-electron chi connectivity index (χ2n) is 7.65. The van der Waals surface area contributed by atoms with E-state index in [1.54, 1.807) is 11.3 Å². The fraction of sp³-hybridized carbons (Fsp3) is 0.667. The van der Waals surface area contributed by atoms with Gasteiger partial charge in [-0.2, -0.15) is 0 Å². The largest absolute Gasteiger partial charge is 0.325 e. The maximum Gasteiger partial charge on any atom is 0.322 e. The molecule has 0 atom stereocenters. The lowest BCUT2D eigenvalue weighted by atomic mass is 9.76. The number of likely N-dealkylation sites (tertiary alicyclic amines) is 1. The molecule has 126 valence electrons. The molecule has 0 saturated carbocycles. The van der Waals surface area contributed by atoms with Gasteiger partial charge in [0.1, 0.15) is 5.00 Å². The van der Waals surface area contributed by atoms with Crippen LogP contribution in [0.5, 0.6) is 0 Å². The molecule has 1 aromatic rings. The average Bonchev–Trinajstić information content (AvgIpc) is 2.84. The molecule has 2 N–H and O–H groups in total. The number of piperidine rings is 1. The van der Waals surface area contributed by atoms with E-state index in [9.17, 15) is 4.79 Å². The zero-order valence-corrected chi connectivity index (χ0v) is 15.2. The van der Waals surface area contributed by atoms with Crippen LogP contribution >= 0.6 is 11.3 Å². The number of carbonyl (C=O) groups is 1. The van der Waals surface area contributed by atoms with Gasteiger partial charge in [0.05, 0.1) is 0 Å². The summed E-state index contributed by atoms with van der Waals surface area (Å²) in [5.41, 5.74) is 3.12. The number of fused-ring (bicyclic) bond motifs is 1. The summed E-state index contributed by atoms with van der Waals surface area (Å²) in [5.74, 6) is 0. The number of carbonyl (C=O) groups excluding carboxylic acids is 1. The highest BCUT2D eigenvalue weighted by Gasteiger charge is 2.31. The lowest BCUT2D eigenvalue weighted by Crippen LogP contribution is -2.38. The monoisotopic (exact) mass is 333 g/mol. The van der Waals surface area contributed by atoms with Gasteiger partial charge in [-0.3, -0.25) is 5.32 Å². The molecule has 2 heterocycles. The summed E-state index contributed by atoms with van der Waals surface area (Å²) in [6.07, 6.45) is 6.66. The number of hydrogen-bond acceptors (Lipinski definition) is 3. The van der Waals surface area contributed by atoms with Gasteiger partial charge in [0.15, 0.2) is 0 Å². The minimum atomic E-state index is 0.00468. The predicted octanol–water partition coefficient (Wildman–Crippen LogP) is 4.67. The van der Waals surface area contributed by atoms with Crippen LogP contribution in [0.2, 0.25) is 0 Å². The van der Waals surface area contributed by atoms with Gasteiger partial charge in [-0.25, -0.2) is 4.79 Å². The van der Waals surface area contributed by atoms with Crippen molar-refractivity contribution >= 4 is 28.1 Å². The average molecular weight is 334 g/mol. The number of aryl methyl sites for hydroxylation is 1. The van der Waals surface area contributed by atoms with Crippen molar-refractivity contribution in [2.24, 2.45) is 5.41 Å². The third-order valence-corrected chi connectivity index (χ3v) is 6.22. The van der Waals surface area contributed by atoms with Gasteiger partial charge in [0, 0.05) is 29.2 Å². The normalized spacial score (nSPS) is 20.0. The van der Waals surface area contributed by atoms with Gasteiger partial charge in [-0.15, -0.1) is 11.3 Å². The molecule has 23 heavy (non-hydrogen) atoms. The highest BCUT2D eigenvalue weighted by atomic mass is 32.1. The van der Waals surface area contributed by atoms with Gasteiger partial charge < -0.3 is 10.3 Å². The quantitative estimate of drug-likeness (QED) is 0.759. The fourth-order valence-electron chi connectivity index (χ4n) is 3.68. The third-order valence-electron chi connectivity index (χ3n) is 5.01. The van der Waals surface area contributed by atoms with E-state index in [0.29, 0.717) is 5.71 Å². The van der Waals surface area contributed by atoms with Gasteiger partial charge in [0.25, 0.3) is 0 Å². The van der Waals surface area contributed by atoms with Crippen molar-refractivity contribution < 1.29 is 4.79 Å². The minimum Gasteiger partial charge on any atom is -0.325 e. The Hall–Kier alpha value is -1.36. The van der Waals surface area contributed by atoms with Crippen molar-refractivity contribution in [1.82, 2.24) is 4.90 Å². The van der Waals surface area contributed by atoms with E-state index in [1.807, 2.05) is 11.8 Å². The maximum absolute atomic E-state index is 12.5. The van der Waals surface area contributed by atoms with Crippen molar-refractivity contribution in [3.8, 4) is 0 Å². The molecule has 0 unspecified atom stereocenters. The van der Waals surface area contributed by atoms with Crippen molar-refractivity contribution in [2.45, 2.75) is 59.3 Å². The Morgan fingerprint density at radius 3 is 2.61 bits per heavy atom. The second-order valence-corrected chi connectivity index (χ2v) is 8.76. The van der Waals surface area contributed by atoms with Crippen molar-refractivity contribution in [2.75, 3.05) is 18.4 Å². The molecule has 1 aliphatic carbocycles. The first-order valence-electron chi connectivity index (χ1n) is 8.63. The van der Waals surface area contributed by atoms with Crippen LogP contribution in [0.1, 0.15) is 62.5 Å². The van der Waals surface area contributed by atoms with Crippen LogP contribution in [0, 0.1) is 10.8 Å². The molecule has 0 spiro atoms. The second kappa shape index (κ2) is 6.27. The maximum atomic E-state index is 12.5. The molecule has 0 aromatic carbocycles. The van der Waals surface area contributed by atoms with Crippen LogP contribution in [0.3, 0.4) is 0 Å². The van der Waals surface area contributed by atoms with E-state index >= 15 is 0 Å². The van der Waals surface area contributed by atoms with Crippen LogP contribution in [-0.4, -0.2) is 29.7 Å². The number of hydrogen-bond donors (Lipinski definition) is 2. The van der Waals surface area contributed by atoms with Crippen LogP contribution in [0.4, 0.5) is 9.80 Å². The van der Waals surface area contributed by atoms with Crippen LogP contribution < -0.4 is 5.32 Å². The standard InChI is InChI=1S/C18H27N3OS/c1-12(19)15-13-11-18(2,3)8-7-14(13)23-16(15)20-17(22)21-9-5-4-6-10-21/h19H,4-11H2,1-3H3,(H,20,22). The molecule has 4 nitrogen and oxygen atoms in total. The summed E-state index contributed by atoms with van der Waals surface area (Å²) in [6.45, 7) is 8.12. The molecule has 5 heteroatoms. The molecular formula is C18H27N3OS. The lowest BCUT2D eigenvalue weighted by molar-refractivity contribution is 0.200. The summed E-state index contributed by atoms with van der Waals surface area (Å²) in [6, 6.07) is 0.00468. The summed E-state index contributed by atoms with van der Waals surface area (Å²) in [7, 11) is 0. The number of nitrogens with one attached hydrogen (secondary N) is 2. The van der Waals surface area contributed by atoms with Crippen molar-refractivity contribution in [3.05, 3.63) is 16.0 Å². The molecule has 2 amide bonds. The Labute approximate surface area is 142 Å². The number of amides is 2. The first-order valence-corrected chi connectivity index (χ1v) is 9.45. The van der Waals surface area contributed by atoms with E-state index in [-0.39, 0.29) is 11.4 Å². The zero-order chi connectivity index (χ0) is 16.6. The first kappa shape index (κ1) is 16.5. The van der Waals surface area contributed by atoms with Crippen LogP contribution in [-0.2, 0) is 12.8 Å². The molecule has 3 rings (SSSR count). The number of rotatable bonds is 2. The zero-order valence-electron chi connectivity index (χ0n) is 14.4. The summed E-state index contributed by atoms with van der Waals surface area (Å²) < 4.78 is 0. The van der Waals surface area contributed by atoms with Crippen molar-refractivity contribution in [3.63, 3.8) is 0 Å². The van der Waals surface area contributed by atoms with Crippen LogP contribution in [0.25, 0.3) is 0 Å². The smallest absolute Gasteiger partial charge is 0.322 e. The van der Waals surface area contributed by atoms with E-state index in [4.69, 9.17) is 5.41 Å². The predicted molar refractivity (Wildman–Crippen MR) is 97.1 cm³/mol. The Kier molecular flexibility index (Phi) is 4.50. The number of anilines is 1. The molecule has 1 fully saturated rings. The lowest BCUT2D eigenvalue weighted by Gasteiger charge is -2.30. The Morgan fingerprint density at radius 2 is 1.96 bits per heavy atom. The minimum absolute atomic E-state index is 0.00468. The molecule has 1 aliphatic heterocycles. The SMILES string of the molecule is CC(=N)c1c(NC(=O)N2CCCCC2)sc2c1CC(C)(C)CC2. The molecule has 0 bridgehead atoms. The highest BCUT2D eigenvalue weighted by molar-refractivity contribution is 7.17.